The number of rotatable bonds is 9. The van der Waals surface area contributed by atoms with Crippen molar-refractivity contribution in [1.82, 2.24) is 20.1 Å². The molecule has 3 heterocycles. The number of carbonyl (C=O) groups is 1. The number of nitrogens with zero attached hydrogens (tertiary/aromatic N) is 3. The molecule has 2 aliphatic heterocycles. The van der Waals surface area contributed by atoms with Crippen molar-refractivity contribution in [2.75, 3.05) is 59.1 Å². The van der Waals surface area contributed by atoms with Crippen LogP contribution >= 0.6 is 11.3 Å². The van der Waals surface area contributed by atoms with Crippen LogP contribution in [-0.2, 0) is 11.3 Å². The Morgan fingerprint density at radius 2 is 2.03 bits per heavy atom. The van der Waals surface area contributed by atoms with E-state index < -0.39 is 11.7 Å². The average Bonchev–Trinajstić information content (AvgIpc) is 3.37. The number of thiazole rings is 1. The summed E-state index contributed by atoms with van der Waals surface area (Å²) in [6.07, 6.45) is -0.585. The summed E-state index contributed by atoms with van der Waals surface area (Å²) in [7, 11) is 0. The number of likely N-dealkylation sites (tertiary alicyclic amines) is 1. The maximum Gasteiger partial charge on any atom is 0.270 e. The average molecular weight is 477 g/mol. The molecule has 2 atom stereocenters. The van der Waals surface area contributed by atoms with Crippen molar-refractivity contribution >= 4 is 17.2 Å². The van der Waals surface area contributed by atoms with Gasteiger partial charge in [0.05, 0.1) is 24.8 Å². The van der Waals surface area contributed by atoms with Crippen LogP contribution in [-0.4, -0.2) is 102 Å². The lowest BCUT2D eigenvalue weighted by Gasteiger charge is -2.42. The van der Waals surface area contributed by atoms with E-state index >= 15 is 0 Å². The summed E-state index contributed by atoms with van der Waals surface area (Å²) in [5.41, 5.74) is 1.68. The maximum atomic E-state index is 12.1. The predicted octanol–water partition coefficient (Wildman–Crippen LogP) is 0.582. The van der Waals surface area contributed by atoms with Crippen molar-refractivity contribution in [1.29, 1.82) is 0 Å². The second-order valence-electron chi connectivity index (χ2n) is 8.61. The molecule has 0 bridgehead atoms. The first-order valence-electron chi connectivity index (χ1n) is 11.3. The third-order valence-electron chi connectivity index (χ3n) is 6.24. The van der Waals surface area contributed by atoms with Gasteiger partial charge in [-0.1, -0.05) is 12.1 Å². The van der Waals surface area contributed by atoms with Gasteiger partial charge in [-0.15, -0.1) is 11.3 Å². The molecule has 10 heteroatoms. The molecule has 2 fully saturated rings. The molecule has 2 aliphatic rings. The Labute approximate surface area is 197 Å². The molecular weight excluding hydrogens is 444 g/mol. The summed E-state index contributed by atoms with van der Waals surface area (Å²) in [5.74, 6) is 0.502. The Balaban J connectivity index is 1.19. The lowest BCUT2D eigenvalue weighted by molar-refractivity contribution is -0.116. The molecule has 0 radical (unpaired) electrons. The number of aliphatic hydroxyl groups is 2. The van der Waals surface area contributed by atoms with E-state index in [1.165, 1.54) is 11.3 Å². The lowest BCUT2D eigenvalue weighted by atomic mass is 9.88. The van der Waals surface area contributed by atoms with E-state index in [9.17, 15) is 15.0 Å². The minimum atomic E-state index is -1.35. The number of carbonyl (C=O) groups excluding carboxylic acids is 1. The van der Waals surface area contributed by atoms with Gasteiger partial charge in [-0.25, -0.2) is 4.98 Å². The topological polar surface area (TPSA) is 107 Å². The van der Waals surface area contributed by atoms with Gasteiger partial charge in [0.2, 0.25) is 0 Å². The fraction of sp³-hybridized carbons (Fsp3) is 0.565. The molecule has 0 aliphatic carbocycles. The summed E-state index contributed by atoms with van der Waals surface area (Å²) >= 11 is 1.34. The van der Waals surface area contributed by atoms with Crippen molar-refractivity contribution in [3.8, 4) is 5.75 Å². The largest absolute Gasteiger partial charge is 0.492 e. The van der Waals surface area contributed by atoms with Gasteiger partial charge in [0.1, 0.15) is 23.7 Å². The summed E-state index contributed by atoms with van der Waals surface area (Å²) in [6, 6.07) is 8.01. The first-order chi connectivity index (χ1) is 16.0. The zero-order valence-electron chi connectivity index (χ0n) is 18.7. The molecule has 0 spiro atoms. The van der Waals surface area contributed by atoms with Gasteiger partial charge in [-0.3, -0.25) is 14.6 Å². The Bertz CT molecular complexity index is 875. The highest BCUT2D eigenvalue weighted by Crippen LogP contribution is 2.24. The van der Waals surface area contributed by atoms with Crippen molar-refractivity contribution in [3.05, 3.63) is 46.4 Å². The Hall–Kier alpha value is -2.08. The van der Waals surface area contributed by atoms with E-state index in [1.807, 2.05) is 24.3 Å². The molecule has 33 heavy (non-hydrogen) atoms. The van der Waals surface area contributed by atoms with Crippen LogP contribution in [0.3, 0.4) is 0 Å². The minimum Gasteiger partial charge on any atom is -0.492 e. The summed E-state index contributed by atoms with van der Waals surface area (Å²) in [6.45, 7) is 6.66. The number of piperidine rings is 1. The molecule has 0 saturated carbocycles. The Morgan fingerprint density at radius 3 is 2.73 bits per heavy atom. The Morgan fingerprint density at radius 1 is 1.24 bits per heavy atom. The van der Waals surface area contributed by atoms with Crippen LogP contribution in [0, 0.1) is 0 Å². The molecule has 1 amide bonds. The fourth-order valence-corrected chi connectivity index (χ4v) is 4.62. The van der Waals surface area contributed by atoms with E-state index in [2.05, 4.69) is 20.1 Å². The van der Waals surface area contributed by atoms with E-state index in [-0.39, 0.29) is 12.5 Å². The number of benzene rings is 1. The van der Waals surface area contributed by atoms with Crippen LogP contribution in [0.1, 0.15) is 22.5 Å². The lowest BCUT2D eigenvalue weighted by Crippen LogP contribution is -2.60. The number of hydrogen-bond acceptors (Lipinski definition) is 9. The molecular formula is C23H32N4O5S. The molecule has 0 unspecified atom stereocenters. The summed E-state index contributed by atoms with van der Waals surface area (Å²) in [4.78, 5) is 20.5. The number of ether oxygens (including phenoxy) is 2. The number of aromatic nitrogens is 1. The standard InChI is InChI=1S/C23H32N4O5S/c28-21-14-27(6-5-23(21,30)16-24-22(29)20-15-33-17-25-20)13-18-1-3-19(4-2-18)32-12-9-26-7-10-31-11-8-26/h1-4,15,17,21,28,30H,5-14,16H2,(H,24,29)/t21-,23-/m1/s1. The molecule has 9 nitrogen and oxygen atoms in total. The van der Waals surface area contributed by atoms with Crippen molar-refractivity contribution in [3.63, 3.8) is 0 Å². The summed E-state index contributed by atoms with van der Waals surface area (Å²) < 4.78 is 11.2. The van der Waals surface area contributed by atoms with Gasteiger partial charge in [0.15, 0.2) is 0 Å². The second kappa shape index (κ2) is 11.4. The highest BCUT2D eigenvalue weighted by molar-refractivity contribution is 7.07. The third kappa shape index (κ3) is 6.72. The van der Waals surface area contributed by atoms with Gasteiger partial charge in [-0.05, 0) is 24.1 Å². The van der Waals surface area contributed by atoms with Crippen LogP contribution in [0.4, 0.5) is 0 Å². The Kier molecular flexibility index (Phi) is 8.29. The van der Waals surface area contributed by atoms with Gasteiger partial charge < -0.3 is 25.0 Å². The van der Waals surface area contributed by atoms with E-state index in [0.29, 0.717) is 38.4 Å². The van der Waals surface area contributed by atoms with Crippen LogP contribution in [0.25, 0.3) is 0 Å². The molecule has 1 aromatic carbocycles. The highest BCUT2D eigenvalue weighted by atomic mass is 32.1. The number of β-amino-alcohol motifs (C(OH)–C–C–N with tert-alkyl or cyclic N) is 1. The predicted molar refractivity (Wildman–Crippen MR) is 124 cm³/mol. The first-order valence-corrected chi connectivity index (χ1v) is 12.3. The van der Waals surface area contributed by atoms with Crippen molar-refractivity contribution in [2.45, 2.75) is 24.7 Å². The highest BCUT2D eigenvalue weighted by Gasteiger charge is 2.40. The zero-order chi connectivity index (χ0) is 23.1. The SMILES string of the molecule is O=C(NC[C@]1(O)CCN(Cc2ccc(OCCN3CCOCC3)cc2)C[C@H]1O)c1cscn1. The molecule has 4 rings (SSSR count). The van der Waals surface area contributed by atoms with Gasteiger partial charge >= 0.3 is 0 Å². The second-order valence-corrected chi connectivity index (χ2v) is 9.33. The smallest absolute Gasteiger partial charge is 0.270 e. The van der Waals surface area contributed by atoms with Crippen LogP contribution in [0.2, 0.25) is 0 Å². The fourth-order valence-electron chi connectivity index (χ4n) is 4.09. The molecule has 1 aromatic heterocycles. The number of aliphatic hydroxyl groups excluding tert-OH is 1. The van der Waals surface area contributed by atoms with E-state index in [4.69, 9.17) is 9.47 Å². The van der Waals surface area contributed by atoms with Crippen LogP contribution in [0.15, 0.2) is 35.2 Å². The molecule has 180 valence electrons. The zero-order valence-corrected chi connectivity index (χ0v) is 19.5. The normalized spacial score (nSPS) is 24.5. The van der Waals surface area contributed by atoms with Gasteiger partial charge in [0.25, 0.3) is 5.91 Å². The van der Waals surface area contributed by atoms with Gasteiger partial charge in [0, 0.05) is 51.2 Å². The van der Waals surface area contributed by atoms with Crippen LogP contribution in [0.5, 0.6) is 5.75 Å². The van der Waals surface area contributed by atoms with E-state index in [1.54, 1.807) is 10.9 Å². The minimum absolute atomic E-state index is 0.00510. The molecule has 3 N–H and O–H groups in total. The molecule has 2 saturated heterocycles. The van der Waals surface area contributed by atoms with Crippen LogP contribution < -0.4 is 10.1 Å². The monoisotopic (exact) mass is 476 g/mol. The van der Waals surface area contributed by atoms with Crippen molar-refractivity contribution < 1.29 is 24.5 Å². The summed E-state index contributed by atoms with van der Waals surface area (Å²) in [5, 5.41) is 25.8. The van der Waals surface area contributed by atoms with E-state index in [0.717, 1.165) is 44.2 Å². The van der Waals surface area contributed by atoms with Gasteiger partial charge in [-0.2, -0.15) is 0 Å². The number of nitrogens with one attached hydrogen (secondary N) is 1. The van der Waals surface area contributed by atoms with Crippen molar-refractivity contribution in [2.24, 2.45) is 0 Å². The molecule has 2 aromatic rings. The first kappa shape index (κ1) is 24.1. The number of morpholine rings is 1. The maximum absolute atomic E-state index is 12.1. The number of hydrogen-bond donors (Lipinski definition) is 3. The quantitative estimate of drug-likeness (QED) is 0.483. The third-order valence-corrected chi connectivity index (χ3v) is 6.83. The number of amides is 1.